The molecule has 0 heterocycles. The Morgan fingerprint density at radius 3 is 2.68 bits per heavy atom. The smallest absolute Gasteiger partial charge is 0.255 e. The van der Waals surface area contributed by atoms with Crippen LogP contribution < -0.4 is 10.1 Å². The van der Waals surface area contributed by atoms with Gasteiger partial charge in [0.15, 0.2) is 0 Å². The number of hydrogen-bond donors (Lipinski definition) is 2. The van der Waals surface area contributed by atoms with Crippen molar-refractivity contribution in [3.8, 4) is 5.75 Å². The Bertz CT molecular complexity index is 435. The van der Waals surface area contributed by atoms with Gasteiger partial charge >= 0.3 is 0 Å². The molecule has 2 N–H and O–H groups in total. The van der Waals surface area contributed by atoms with Crippen LogP contribution in [0.1, 0.15) is 42.6 Å². The standard InChI is InChI=1S/C14H20FNO3/c1-3-5-16-14(18)12-8-11(15)7-10(9-17)13(12)19-6-4-2/h7-8,17H,3-6,9H2,1-2H3,(H,16,18). The van der Waals surface area contributed by atoms with Crippen LogP contribution in [-0.4, -0.2) is 24.2 Å². The van der Waals surface area contributed by atoms with Crippen LogP contribution in [0.3, 0.4) is 0 Å². The maximum Gasteiger partial charge on any atom is 0.255 e. The number of nitrogens with one attached hydrogen (secondary N) is 1. The van der Waals surface area contributed by atoms with Gasteiger partial charge in [-0.3, -0.25) is 4.79 Å². The lowest BCUT2D eigenvalue weighted by Gasteiger charge is -2.14. The molecule has 1 amide bonds. The average Bonchev–Trinajstić information content (AvgIpc) is 2.42. The minimum atomic E-state index is -0.561. The molecule has 0 aromatic heterocycles. The van der Waals surface area contributed by atoms with Crippen LogP contribution >= 0.6 is 0 Å². The number of hydrogen-bond acceptors (Lipinski definition) is 3. The van der Waals surface area contributed by atoms with Gasteiger partial charge in [0.05, 0.1) is 18.8 Å². The molecule has 106 valence electrons. The summed E-state index contributed by atoms with van der Waals surface area (Å²) in [5.74, 6) is -0.684. The molecule has 1 rings (SSSR count). The van der Waals surface area contributed by atoms with Crippen molar-refractivity contribution < 1.29 is 19.0 Å². The maximum absolute atomic E-state index is 13.5. The monoisotopic (exact) mass is 269 g/mol. The van der Waals surface area contributed by atoms with Crippen molar-refractivity contribution in [2.45, 2.75) is 33.3 Å². The van der Waals surface area contributed by atoms with Gasteiger partial charge in [-0.05, 0) is 25.0 Å². The highest BCUT2D eigenvalue weighted by atomic mass is 19.1. The second kappa shape index (κ2) is 7.74. The second-order valence-electron chi connectivity index (χ2n) is 4.20. The maximum atomic E-state index is 13.5. The molecule has 4 nitrogen and oxygen atoms in total. The molecular formula is C14H20FNO3. The van der Waals surface area contributed by atoms with E-state index in [1.165, 1.54) is 6.07 Å². The molecule has 0 aliphatic heterocycles. The number of carbonyl (C=O) groups is 1. The lowest BCUT2D eigenvalue weighted by atomic mass is 10.1. The van der Waals surface area contributed by atoms with Gasteiger partial charge in [0.2, 0.25) is 0 Å². The van der Waals surface area contributed by atoms with Gasteiger partial charge in [-0.2, -0.15) is 0 Å². The summed E-state index contributed by atoms with van der Waals surface area (Å²) in [6.07, 6.45) is 1.55. The summed E-state index contributed by atoms with van der Waals surface area (Å²) in [6, 6.07) is 2.32. The lowest BCUT2D eigenvalue weighted by Crippen LogP contribution is -2.25. The number of aliphatic hydroxyl groups is 1. The van der Waals surface area contributed by atoms with Gasteiger partial charge in [-0.25, -0.2) is 4.39 Å². The Hall–Kier alpha value is -1.62. The molecule has 0 aliphatic rings. The number of amides is 1. The van der Waals surface area contributed by atoms with Crippen LogP contribution in [0.4, 0.5) is 4.39 Å². The summed E-state index contributed by atoms with van der Waals surface area (Å²) in [5.41, 5.74) is 0.418. The van der Waals surface area contributed by atoms with Crippen LogP contribution in [0.5, 0.6) is 5.75 Å². The first-order valence-electron chi connectivity index (χ1n) is 6.48. The molecule has 0 spiro atoms. The zero-order chi connectivity index (χ0) is 14.3. The first-order valence-corrected chi connectivity index (χ1v) is 6.48. The van der Waals surface area contributed by atoms with Crippen LogP contribution in [0.15, 0.2) is 12.1 Å². The third-order valence-corrected chi connectivity index (χ3v) is 2.53. The zero-order valence-electron chi connectivity index (χ0n) is 11.3. The van der Waals surface area contributed by atoms with Gasteiger partial charge in [0, 0.05) is 12.1 Å². The molecule has 0 atom stereocenters. The SMILES string of the molecule is CCCNC(=O)c1cc(F)cc(CO)c1OCCC. The Labute approximate surface area is 112 Å². The molecule has 0 saturated heterocycles. The molecule has 0 saturated carbocycles. The van der Waals surface area contributed by atoms with Gasteiger partial charge in [0.25, 0.3) is 5.91 Å². The predicted molar refractivity (Wildman–Crippen MR) is 70.7 cm³/mol. The Morgan fingerprint density at radius 2 is 2.11 bits per heavy atom. The number of carbonyl (C=O) groups excluding carboxylic acids is 1. The highest BCUT2D eigenvalue weighted by Gasteiger charge is 2.17. The van der Waals surface area contributed by atoms with E-state index in [1.54, 1.807) is 0 Å². The van der Waals surface area contributed by atoms with Crippen molar-refractivity contribution >= 4 is 5.91 Å². The number of benzene rings is 1. The highest BCUT2D eigenvalue weighted by molar-refractivity contribution is 5.97. The summed E-state index contributed by atoms with van der Waals surface area (Å²) in [5, 5.41) is 11.9. The summed E-state index contributed by atoms with van der Waals surface area (Å²) in [4.78, 5) is 12.0. The van der Waals surface area contributed by atoms with E-state index in [2.05, 4.69) is 5.32 Å². The van der Waals surface area contributed by atoms with Crippen molar-refractivity contribution in [2.24, 2.45) is 0 Å². The van der Waals surface area contributed by atoms with Crippen molar-refractivity contribution in [3.63, 3.8) is 0 Å². The lowest BCUT2D eigenvalue weighted by molar-refractivity contribution is 0.0948. The van der Waals surface area contributed by atoms with Crippen molar-refractivity contribution in [1.82, 2.24) is 5.32 Å². The molecule has 5 heteroatoms. The topological polar surface area (TPSA) is 58.6 Å². The second-order valence-corrected chi connectivity index (χ2v) is 4.20. The number of aliphatic hydroxyl groups excluding tert-OH is 1. The van der Waals surface area contributed by atoms with Crippen LogP contribution in [0.25, 0.3) is 0 Å². The molecule has 0 unspecified atom stereocenters. The molecule has 0 fully saturated rings. The van der Waals surface area contributed by atoms with E-state index in [-0.39, 0.29) is 29.4 Å². The quantitative estimate of drug-likeness (QED) is 0.798. The van der Waals surface area contributed by atoms with Gasteiger partial charge in [-0.1, -0.05) is 13.8 Å². The van der Waals surface area contributed by atoms with Gasteiger partial charge < -0.3 is 15.2 Å². The minimum absolute atomic E-state index is 0.131. The first kappa shape index (κ1) is 15.4. The average molecular weight is 269 g/mol. The number of rotatable bonds is 7. The summed E-state index contributed by atoms with van der Waals surface area (Å²) in [7, 11) is 0. The highest BCUT2D eigenvalue weighted by Crippen LogP contribution is 2.26. The predicted octanol–water partition coefficient (Wildman–Crippen LogP) is 2.25. The molecule has 1 aromatic rings. The van der Waals surface area contributed by atoms with E-state index in [0.717, 1.165) is 18.9 Å². The number of ether oxygens (including phenoxy) is 1. The summed E-state index contributed by atoms with van der Waals surface area (Å²) < 4.78 is 18.9. The van der Waals surface area contributed by atoms with Gasteiger partial charge in [-0.15, -0.1) is 0 Å². The molecule has 0 bridgehead atoms. The van der Waals surface area contributed by atoms with E-state index < -0.39 is 5.82 Å². The Balaban J connectivity index is 3.10. The zero-order valence-corrected chi connectivity index (χ0v) is 11.3. The Morgan fingerprint density at radius 1 is 1.37 bits per heavy atom. The van der Waals surface area contributed by atoms with Crippen LogP contribution in [0.2, 0.25) is 0 Å². The van der Waals surface area contributed by atoms with Crippen molar-refractivity contribution in [3.05, 3.63) is 29.1 Å². The fourth-order valence-electron chi connectivity index (χ4n) is 1.64. The van der Waals surface area contributed by atoms with E-state index in [1.807, 2.05) is 13.8 Å². The van der Waals surface area contributed by atoms with Crippen LogP contribution in [0, 0.1) is 5.82 Å². The number of halogens is 1. The van der Waals surface area contributed by atoms with E-state index in [4.69, 9.17) is 4.74 Å². The third-order valence-electron chi connectivity index (χ3n) is 2.53. The van der Waals surface area contributed by atoms with Crippen molar-refractivity contribution in [1.29, 1.82) is 0 Å². The largest absolute Gasteiger partial charge is 0.492 e. The fraction of sp³-hybridized carbons (Fsp3) is 0.500. The summed E-state index contributed by atoms with van der Waals surface area (Å²) >= 11 is 0. The molecule has 1 aromatic carbocycles. The third kappa shape index (κ3) is 4.21. The molecule has 0 aliphatic carbocycles. The fourth-order valence-corrected chi connectivity index (χ4v) is 1.64. The molecular weight excluding hydrogens is 249 g/mol. The molecule has 0 radical (unpaired) electrons. The minimum Gasteiger partial charge on any atom is -0.492 e. The van der Waals surface area contributed by atoms with Crippen molar-refractivity contribution in [2.75, 3.05) is 13.2 Å². The first-order chi connectivity index (χ1) is 9.13. The van der Waals surface area contributed by atoms with Crippen LogP contribution in [-0.2, 0) is 6.61 Å². The Kier molecular flexibility index (Phi) is 6.29. The van der Waals surface area contributed by atoms with Gasteiger partial charge in [0.1, 0.15) is 11.6 Å². The summed E-state index contributed by atoms with van der Waals surface area (Å²) in [6.45, 7) is 4.41. The normalized spacial score (nSPS) is 10.3. The van der Waals surface area contributed by atoms with E-state index in [0.29, 0.717) is 13.2 Å². The van der Waals surface area contributed by atoms with E-state index >= 15 is 0 Å². The van der Waals surface area contributed by atoms with E-state index in [9.17, 15) is 14.3 Å². The molecule has 19 heavy (non-hydrogen) atoms.